The Balaban J connectivity index is 2.64. The summed E-state index contributed by atoms with van der Waals surface area (Å²) in [6, 6.07) is 0. The number of carbonyl (C=O) groups is 1. The fourth-order valence-electron chi connectivity index (χ4n) is 1.20. The van der Waals surface area contributed by atoms with E-state index in [1.54, 1.807) is 0 Å². The van der Waals surface area contributed by atoms with Gasteiger partial charge in [-0.15, -0.1) is 0 Å². The second-order valence-electron chi connectivity index (χ2n) is 2.83. The van der Waals surface area contributed by atoms with E-state index in [1.165, 1.54) is 0 Å². The average Bonchev–Trinajstić information content (AvgIpc) is 1.94. The van der Waals surface area contributed by atoms with Gasteiger partial charge in [-0.1, -0.05) is 0 Å². The smallest absolute Gasteiger partial charge is 0.306 e. The Morgan fingerprint density at radius 2 is 2.09 bits per heavy atom. The predicted molar refractivity (Wildman–Crippen MR) is 40.4 cm³/mol. The molecule has 62 valence electrons. The maximum atomic E-state index is 10.5. The van der Waals surface area contributed by atoms with Crippen molar-refractivity contribution in [2.45, 2.75) is 19.3 Å². The quantitative estimate of drug-likeness (QED) is 0.498. The van der Waals surface area contributed by atoms with Crippen molar-refractivity contribution in [1.82, 2.24) is 0 Å². The molecule has 1 aliphatic rings. The molecule has 1 unspecified atom stereocenters. The van der Waals surface area contributed by atoms with Crippen molar-refractivity contribution < 1.29 is 9.90 Å². The van der Waals surface area contributed by atoms with E-state index in [0.29, 0.717) is 30.7 Å². The van der Waals surface area contributed by atoms with Gasteiger partial charge < -0.3 is 16.6 Å². The van der Waals surface area contributed by atoms with Crippen LogP contribution in [0.15, 0.2) is 11.4 Å². The topological polar surface area (TPSA) is 89.3 Å². The lowest BCUT2D eigenvalue weighted by Gasteiger charge is -2.19. The molecule has 0 spiro atoms. The van der Waals surface area contributed by atoms with Crippen LogP contribution in [0.4, 0.5) is 0 Å². The number of carboxylic acids is 1. The number of carboxylic acid groups (broad SMARTS) is 1. The molecule has 1 atom stereocenters. The molecule has 0 amide bonds. The fourth-order valence-corrected chi connectivity index (χ4v) is 1.20. The first-order chi connectivity index (χ1) is 5.11. The zero-order chi connectivity index (χ0) is 8.43. The second kappa shape index (κ2) is 2.82. The molecule has 11 heavy (non-hydrogen) atoms. The van der Waals surface area contributed by atoms with Crippen LogP contribution >= 0.6 is 0 Å². The van der Waals surface area contributed by atoms with Crippen LogP contribution in [0.1, 0.15) is 19.3 Å². The van der Waals surface area contributed by atoms with Crippen molar-refractivity contribution >= 4 is 5.97 Å². The van der Waals surface area contributed by atoms with Gasteiger partial charge in [0.25, 0.3) is 0 Å². The maximum absolute atomic E-state index is 10.5. The molecule has 0 saturated heterocycles. The number of rotatable bonds is 1. The molecule has 0 bridgehead atoms. The van der Waals surface area contributed by atoms with Gasteiger partial charge in [0.2, 0.25) is 0 Å². The first-order valence-corrected chi connectivity index (χ1v) is 3.57. The molecule has 5 N–H and O–H groups in total. The van der Waals surface area contributed by atoms with Crippen LogP contribution < -0.4 is 11.5 Å². The molecule has 0 aromatic rings. The number of hydrogen-bond donors (Lipinski definition) is 3. The van der Waals surface area contributed by atoms with Gasteiger partial charge in [-0.2, -0.15) is 0 Å². The molecule has 0 radical (unpaired) electrons. The highest BCUT2D eigenvalue weighted by molar-refractivity contribution is 5.70. The number of nitrogens with two attached hydrogens (primary N) is 2. The minimum atomic E-state index is -0.777. The Hall–Kier alpha value is -1.19. The van der Waals surface area contributed by atoms with Crippen molar-refractivity contribution in [2.75, 3.05) is 0 Å². The Bertz CT molecular complexity index is 210. The van der Waals surface area contributed by atoms with E-state index in [1.807, 2.05) is 0 Å². The molecular weight excluding hydrogens is 144 g/mol. The molecule has 0 saturated carbocycles. The van der Waals surface area contributed by atoms with Gasteiger partial charge in [0.05, 0.1) is 5.92 Å². The van der Waals surface area contributed by atoms with Gasteiger partial charge in [0.1, 0.15) is 0 Å². The summed E-state index contributed by atoms with van der Waals surface area (Å²) < 4.78 is 0. The van der Waals surface area contributed by atoms with Crippen molar-refractivity contribution in [1.29, 1.82) is 0 Å². The molecule has 0 heterocycles. The van der Waals surface area contributed by atoms with Gasteiger partial charge in [-0.3, -0.25) is 4.79 Å². The highest BCUT2D eigenvalue weighted by Crippen LogP contribution is 2.23. The standard InChI is InChI=1S/C7H12N2O2/c8-5-2-1-4(7(10)11)3-6(5)9/h4H,1-3,8-9H2,(H,10,11). The van der Waals surface area contributed by atoms with Gasteiger partial charge in [0.15, 0.2) is 0 Å². The van der Waals surface area contributed by atoms with Crippen LogP contribution in [0.25, 0.3) is 0 Å². The highest BCUT2D eigenvalue weighted by Gasteiger charge is 2.23. The SMILES string of the molecule is NC1=C(N)CC(C(=O)O)CC1. The van der Waals surface area contributed by atoms with Crippen LogP contribution in [-0.4, -0.2) is 11.1 Å². The highest BCUT2D eigenvalue weighted by atomic mass is 16.4. The molecule has 4 nitrogen and oxygen atoms in total. The third kappa shape index (κ3) is 1.63. The molecule has 0 aliphatic heterocycles. The predicted octanol–water partition coefficient (Wildman–Crippen LogP) is 0.0001000. The van der Waals surface area contributed by atoms with Crippen molar-refractivity contribution in [3.63, 3.8) is 0 Å². The Morgan fingerprint density at radius 1 is 1.45 bits per heavy atom. The minimum Gasteiger partial charge on any atom is -0.481 e. The van der Waals surface area contributed by atoms with Crippen LogP contribution in [0, 0.1) is 5.92 Å². The molecule has 0 fully saturated rings. The zero-order valence-corrected chi connectivity index (χ0v) is 6.21. The number of allylic oxidation sites excluding steroid dienone is 2. The lowest BCUT2D eigenvalue weighted by molar-refractivity contribution is -0.142. The van der Waals surface area contributed by atoms with E-state index < -0.39 is 5.97 Å². The minimum absolute atomic E-state index is 0.331. The van der Waals surface area contributed by atoms with Crippen LogP contribution in [-0.2, 0) is 4.79 Å². The first kappa shape index (κ1) is 7.91. The second-order valence-corrected chi connectivity index (χ2v) is 2.83. The normalized spacial score (nSPS) is 25.3. The summed E-state index contributed by atoms with van der Waals surface area (Å²) in [6.07, 6.45) is 1.63. The summed E-state index contributed by atoms with van der Waals surface area (Å²) in [4.78, 5) is 10.5. The monoisotopic (exact) mass is 156 g/mol. The summed E-state index contributed by atoms with van der Waals surface area (Å²) in [5.74, 6) is -1.11. The van der Waals surface area contributed by atoms with E-state index in [2.05, 4.69) is 0 Å². The number of aliphatic carboxylic acids is 1. The third-order valence-corrected chi connectivity index (χ3v) is 1.99. The Labute approximate surface area is 64.9 Å². The largest absolute Gasteiger partial charge is 0.481 e. The summed E-state index contributed by atoms with van der Waals surface area (Å²) in [5.41, 5.74) is 12.2. The van der Waals surface area contributed by atoms with E-state index in [0.717, 1.165) is 0 Å². The van der Waals surface area contributed by atoms with E-state index in [9.17, 15) is 4.79 Å². The Morgan fingerprint density at radius 3 is 2.55 bits per heavy atom. The lowest BCUT2D eigenvalue weighted by Crippen LogP contribution is -2.24. The molecular formula is C7H12N2O2. The lowest BCUT2D eigenvalue weighted by atomic mass is 9.91. The first-order valence-electron chi connectivity index (χ1n) is 3.57. The molecule has 0 aromatic carbocycles. The van der Waals surface area contributed by atoms with Crippen molar-refractivity contribution in [3.05, 3.63) is 11.4 Å². The van der Waals surface area contributed by atoms with E-state index >= 15 is 0 Å². The van der Waals surface area contributed by atoms with Crippen LogP contribution in [0.3, 0.4) is 0 Å². The summed E-state index contributed by atoms with van der Waals surface area (Å²) in [6.45, 7) is 0. The van der Waals surface area contributed by atoms with E-state index in [-0.39, 0.29) is 5.92 Å². The fraction of sp³-hybridized carbons (Fsp3) is 0.571. The zero-order valence-electron chi connectivity index (χ0n) is 6.21. The van der Waals surface area contributed by atoms with Gasteiger partial charge >= 0.3 is 5.97 Å². The van der Waals surface area contributed by atoms with Crippen LogP contribution in [0.2, 0.25) is 0 Å². The van der Waals surface area contributed by atoms with Crippen LogP contribution in [0.5, 0.6) is 0 Å². The van der Waals surface area contributed by atoms with Crippen molar-refractivity contribution in [3.8, 4) is 0 Å². The van der Waals surface area contributed by atoms with Gasteiger partial charge in [-0.05, 0) is 12.8 Å². The average molecular weight is 156 g/mol. The van der Waals surface area contributed by atoms with Gasteiger partial charge in [0, 0.05) is 17.8 Å². The Kier molecular flexibility index (Phi) is 2.03. The van der Waals surface area contributed by atoms with E-state index in [4.69, 9.17) is 16.6 Å². The summed E-state index contributed by atoms with van der Waals surface area (Å²) >= 11 is 0. The molecule has 0 aromatic heterocycles. The molecule has 1 aliphatic carbocycles. The van der Waals surface area contributed by atoms with Crippen molar-refractivity contribution in [2.24, 2.45) is 17.4 Å². The van der Waals surface area contributed by atoms with Gasteiger partial charge in [-0.25, -0.2) is 0 Å². The molecule has 1 rings (SSSR count). The number of hydrogen-bond acceptors (Lipinski definition) is 3. The summed E-state index contributed by atoms with van der Waals surface area (Å²) in [5, 5.41) is 8.62. The molecule has 4 heteroatoms. The summed E-state index contributed by atoms with van der Waals surface area (Å²) in [7, 11) is 0. The third-order valence-electron chi connectivity index (χ3n) is 1.99. The maximum Gasteiger partial charge on any atom is 0.306 e.